The molecule has 0 heterocycles. The van der Waals surface area contributed by atoms with Crippen molar-refractivity contribution in [2.75, 3.05) is 0 Å². The number of carbonyl (C=O) groups excluding carboxylic acids is 3. The molecule has 0 aromatic heterocycles. The number of nitrogens with one attached hydrogen (secondary N) is 1. The lowest BCUT2D eigenvalue weighted by Gasteiger charge is -2.27. The average molecular weight is 476 g/mol. The van der Waals surface area contributed by atoms with Crippen LogP contribution in [-0.4, -0.2) is 39.6 Å². The third-order valence-corrected chi connectivity index (χ3v) is 4.97. The van der Waals surface area contributed by atoms with E-state index in [1.54, 1.807) is 0 Å². The molecule has 0 saturated heterocycles. The Morgan fingerprint density at radius 3 is 2.18 bits per heavy atom. The van der Waals surface area contributed by atoms with Gasteiger partial charge < -0.3 is 11.1 Å². The number of imide groups is 1. The summed E-state index contributed by atoms with van der Waals surface area (Å²) in [6.07, 6.45) is 0.551. The number of nitro benzene ring substituents is 1. The molecule has 3 N–H and O–H groups in total. The summed E-state index contributed by atoms with van der Waals surface area (Å²) in [5, 5.41) is 13.3. The van der Waals surface area contributed by atoms with E-state index in [4.69, 9.17) is 5.73 Å². The van der Waals surface area contributed by atoms with Gasteiger partial charge in [0.2, 0.25) is 11.8 Å². The summed E-state index contributed by atoms with van der Waals surface area (Å²) in [7, 11) is 0. The number of nitrogens with zero attached hydrogens (tertiary/aromatic N) is 2. The van der Waals surface area contributed by atoms with Gasteiger partial charge >= 0.3 is 0 Å². The lowest BCUT2D eigenvalue weighted by atomic mass is 10.1. The molecular formula is C23H26F2N4O5. The monoisotopic (exact) mass is 476 g/mol. The van der Waals surface area contributed by atoms with Crippen LogP contribution in [0, 0.1) is 21.7 Å². The van der Waals surface area contributed by atoms with Gasteiger partial charge in [-0.05, 0) is 36.6 Å². The van der Waals surface area contributed by atoms with E-state index in [-0.39, 0.29) is 24.2 Å². The Kier molecular flexibility index (Phi) is 9.31. The van der Waals surface area contributed by atoms with Crippen LogP contribution in [-0.2, 0) is 27.3 Å². The standard InChI is InChI=1S/C23H26F2N4O5/c1-3-4-20(26)23(32)28(13-15-5-7-19(8-6-15)29(33)34)22(31)14(2)27-21(30)11-16-9-17(24)12-18(25)10-16/h5-10,12,14,20H,3-4,11,13,26H2,1-2H3,(H,27,30)/t14-,20-/m0/s1. The van der Waals surface area contributed by atoms with Crippen LogP contribution in [0.5, 0.6) is 0 Å². The van der Waals surface area contributed by atoms with Crippen molar-refractivity contribution in [2.45, 2.75) is 51.7 Å². The fraction of sp³-hybridized carbons (Fsp3) is 0.348. The molecule has 0 spiro atoms. The summed E-state index contributed by atoms with van der Waals surface area (Å²) in [4.78, 5) is 49.5. The van der Waals surface area contributed by atoms with E-state index in [2.05, 4.69) is 5.32 Å². The molecule has 2 aromatic rings. The van der Waals surface area contributed by atoms with Gasteiger partial charge in [0.05, 0.1) is 23.9 Å². The molecule has 182 valence electrons. The van der Waals surface area contributed by atoms with Crippen molar-refractivity contribution >= 4 is 23.4 Å². The second-order valence-electron chi connectivity index (χ2n) is 7.83. The number of hydrogen-bond acceptors (Lipinski definition) is 6. The van der Waals surface area contributed by atoms with Crippen molar-refractivity contribution < 1.29 is 28.1 Å². The average Bonchev–Trinajstić information content (AvgIpc) is 2.76. The molecule has 0 aliphatic carbocycles. The van der Waals surface area contributed by atoms with E-state index >= 15 is 0 Å². The maximum absolute atomic E-state index is 13.4. The molecule has 2 aromatic carbocycles. The number of nitrogens with two attached hydrogens (primary N) is 1. The van der Waals surface area contributed by atoms with E-state index in [1.165, 1.54) is 31.2 Å². The zero-order valence-electron chi connectivity index (χ0n) is 18.8. The quantitative estimate of drug-likeness (QED) is 0.400. The number of amides is 3. The minimum absolute atomic E-state index is 0.0819. The van der Waals surface area contributed by atoms with E-state index in [0.29, 0.717) is 24.5 Å². The van der Waals surface area contributed by atoms with Crippen LogP contribution in [0.1, 0.15) is 37.8 Å². The zero-order chi connectivity index (χ0) is 25.4. The highest BCUT2D eigenvalue weighted by Crippen LogP contribution is 2.15. The van der Waals surface area contributed by atoms with Gasteiger partial charge in [0.25, 0.3) is 11.6 Å². The number of carbonyl (C=O) groups is 3. The Hall–Kier alpha value is -3.73. The van der Waals surface area contributed by atoms with Gasteiger partial charge in [-0.25, -0.2) is 8.78 Å². The van der Waals surface area contributed by atoms with Crippen LogP contribution < -0.4 is 11.1 Å². The first kappa shape index (κ1) is 26.5. The Labute approximate surface area is 195 Å². The first-order valence-corrected chi connectivity index (χ1v) is 10.6. The predicted molar refractivity (Wildman–Crippen MR) is 119 cm³/mol. The van der Waals surface area contributed by atoms with Crippen LogP contribution in [0.2, 0.25) is 0 Å². The summed E-state index contributed by atoms with van der Waals surface area (Å²) in [5.74, 6) is -3.74. The number of hydrogen-bond donors (Lipinski definition) is 2. The summed E-state index contributed by atoms with van der Waals surface area (Å²) >= 11 is 0. The van der Waals surface area contributed by atoms with E-state index in [1.807, 2.05) is 6.92 Å². The normalized spacial score (nSPS) is 12.5. The highest BCUT2D eigenvalue weighted by Gasteiger charge is 2.30. The van der Waals surface area contributed by atoms with Crippen molar-refractivity contribution in [2.24, 2.45) is 5.73 Å². The number of nitro groups is 1. The Morgan fingerprint density at radius 2 is 1.65 bits per heavy atom. The first-order valence-electron chi connectivity index (χ1n) is 10.6. The molecular weight excluding hydrogens is 450 g/mol. The molecule has 2 rings (SSSR count). The molecule has 0 unspecified atom stereocenters. The summed E-state index contributed by atoms with van der Waals surface area (Å²) in [5.41, 5.74) is 6.31. The number of benzene rings is 2. The van der Waals surface area contributed by atoms with Crippen molar-refractivity contribution in [1.82, 2.24) is 10.2 Å². The minimum atomic E-state index is -1.15. The number of rotatable bonds is 10. The SMILES string of the molecule is CCC[C@H](N)C(=O)N(Cc1ccc([N+](=O)[O-])cc1)C(=O)[C@H](C)NC(=O)Cc1cc(F)cc(F)c1. The zero-order valence-corrected chi connectivity index (χ0v) is 18.8. The Bertz CT molecular complexity index is 1040. The Balaban J connectivity index is 2.17. The molecule has 34 heavy (non-hydrogen) atoms. The highest BCUT2D eigenvalue weighted by atomic mass is 19.1. The molecule has 0 saturated carbocycles. The second kappa shape index (κ2) is 11.9. The van der Waals surface area contributed by atoms with Crippen molar-refractivity contribution in [1.29, 1.82) is 0 Å². The molecule has 0 fully saturated rings. The van der Waals surface area contributed by atoms with E-state index in [9.17, 15) is 33.3 Å². The maximum Gasteiger partial charge on any atom is 0.269 e. The van der Waals surface area contributed by atoms with Gasteiger partial charge in [-0.3, -0.25) is 29.4 Å². The third kappa shape index (κ3) is 7.41. The van der Waals surface area contributed by atoms with E-state index < -0.39 is 46.4 Å². The summed E-state index contributed by atoms with van der Waals surface area (Å²) in [6.45, 7) is 2.99. The predicted octanol–water partition coefficient (Wildman–Crippen LogP) is 2.60. The third-order valence-electron chi connectivity index (χ3n) is 4.97. The highest BCUT2D eigenvalue weighted by molar-refractivity contribution is 6.01. The summed E-state index contributed by atoms with van der Waals surface area (Å²) < 4.78 is 26.7. The largest absolute Gasteiger partial charge is 0.344 e. The van der Waals surface area contributed by atoms with Gasteiger partial charge in [-0.15, -0.1) is 0 Å². The van der Waals surface area contributed by atoms with Gasteiger partial charge in [0.15, 0.2) is 0 Å². The van der Waals surface area contributed by atoms with Gasteiger partial charge in [0.1, 0.15) is 17.7 Å². The minimum Gasteiger partial charge on any atom is -0.344 e. The fourth-order valence-electron chi connectivity index (χ4n) is 3.29. The number of non-ortho nitro benzene ring substituents is 1. The molecule has 9 nitrogen and oxygen atoms in total. The molecule has 0 radical (unpaired) electrons. The summed E-state index contributed by atoms with van der Waals surface area (Å²) in [6, 6.07) is 5.90. The molecule has 0 bridgehead atoms. The first-order chi connectivity index (χ1) is 16.0. The molecule has 0 aliphatic rings. The topological polar surface area (TPSA) is 136 Å². The van der Waals surface area contributed by atoms with Crippen LogP contribution in [0.15, 0.2) is 42.5 Å². The maximum atomic E-state index is 13.4. The Morgan fingerprint density at radius 1 is 1.06 bits per heavy atom. The lowest BCUT2D eigenvalue weighted by molar-refractivity contribution is -0.384. The second-order valence-corrected chi connectivity index (χ2v) is 7.83. The van der Waals surface area contributed by atoms with Crippen molar-refractivity contribution in [3.8, 4) is 0 Å². The van der Waals surface area contributed by atoms with Crippen molar-refractivity contribution in [3.05, 3.63) is 75.3 Å². The van der Waals surface area contributed by atoms with Crippen LogP contribution in [0.25, 0.3) is 0 Å². The van der Waals surface area contributed by atoms with Gasteiger partial charge in [-0.1, -0.05) is 25.5 Å². The molecule has 11 heteroatoms. The van der Waals surface area contributed by atoms with Crippen LogP contribution in [0.4, 0.5) is 14.5 Å². The van der Waals surface area contributed by atoms with E-state index in [0.717, 1.165) is 17.0 Å². The molecule has 0 aliphatic heterocycles. The smallest absolute Gasteiger partial charge is 0.269 e. The lowest BCUT2D eigenvalue weighted by Crippen LogP contribution is -2.53. The van der Waals surface area contributed by atoms with Crippen LogP contribution >= 0.6 is 0 Å². The van der Waals surface area contributed by atoms with Crippen molar-refractivity contribution in [3.63, 3.8) is 0 Å². The van der Waals surface area contributed by atoms with Gasteiger partial charge in [-0.2, -0.15) is 0 Å². The van der Waals surface area contributed by atoms with Gasteiger partial charge in [0, 0.05) is 18.2 Å². The fourth-order valence-corrected chi connectivity index (χ4v) is 3.29. The van der Waals surface area contributed by atoms with Crippen LogP contribution in [0.3, 0.4) is 0 Å². The molecule has 3 amide bonds. The number of halogens is 2. The molecule has 2 atom stereocenters.